The van der Waals surface area contributed by atoms with Crippen LogP contribution in [-0.2, 0) is 22.6 Å². The summed E-state index contributed by atoms with van der Waals surface area (Å²) < 4.78 is 19.1. The van der Waals surface area contributed by atoms with Gasteiger partial charge in [-0.25, -0.2) is 14.1 Å². The number of nitrogens with zero attached hydrogens (tertiary/aromatic N) is 1. The SMILES string of the molecule is C=CCc1cc(/C=C2\C(=O)NC(=O)N(c3ccc(C)c(C)c3)C2=O)ccc1OCc1ccc(F)cc1. The normalized spacial score (nSPS) is 14.7. The average Bonchev–Trinajstić information content (AvgIpc) is 2.84. The number of rotatable bonds is 7. The van der Waals surface area contributed by atoms with E-state index in [2.05, 4.69) is 11.9 Å². The van der Waals surface area contributed by atoms with Crippen molar-refractivity contribution < 1.29 is 23.5 Å². The lowest BCUT2D eigenvalue weighted by atomic mass is 10.0. The molecule has 0 radical (unpaired) electrons. The number of anilines is 1. The largest absolute Gasteiger partial charge is 0.489 e. The van der Waals surface area contributed by atoms with Crippen LogP contribution in [0.5, 0.6) is 5.75 Å². The second kappa shape index (κ2) is 10.4. The zero-order valence-corrected chi connectivity index (χ0v) is 20.0. The van der Waals surface area contributed by atoms with Crippen molar-refractivity contribution in [1.82, 2.24) is 5.32 Å². The summed E-state index contributed by atoms with van der Waals surface area (Å²) in [5.74, 6) is -1.17. The number of carbonyl (C=O) groups excluding carboxylic acids is 3. The molecule has 1 fully saturated rings. The minimum Gasteiger partial charge on any atom is -0.489 e. The molecule has 6 nitrogen and oxygen atoms in total. The number of benzene rings is 3. The van der Waals surface area contributed by atoms with E-state index in [1.165, 1.54) is 18.2 Å². The topological polar surface area (TPSA) is 75.7 Å². The first-order valence-electron chi connectivity index (χ1n) is 11.4. The lowest BCUT2D eigenvalue weighted by Crippen LogP contribution is -2.54. The van der Waals surface area contributed by atoms with E-state index in [0.29, 0.717) is 23.4 Å². The highest BCUT2D eigenvalue weighted by atomic mass is 19.1. The van der Waals surface area contributed by atoms with E-state index >= 15 is 0 Å². The Kier molecular flexibility index (Phi) is 7.10. The predicted octanol–water partition coefficient (Wildman–Crippen LogP) is 5.42. The second-order valence-electron chi connectivity index (χ2n) is 8.50. The summed E-state index contributed by atoms with van der Waals surface area (Å²) in [4.78, 5) is 39.2. The fourth-order valence-electron chi connectivity index (χ4n) is 3.81. The van der Waals surface area contributed by atoms with E-state index < -0.39 is 17.8 Å². The van der Waals surface area contributed by atoms with Gasteiger partial charge in [0.25, 0.3) is 11.8 Å². The van der Waals surface area contributed by atoms with Gasteiger partial charge in [-0.1, -0.05) is 30.3 Å². The highest BCUT2D eigenvalue weighted by Gasteiger charge is 2.36. The van der Waals surface area contributed by atoms with Gasteiger partial charge in [0.1, 0.15) is 23.7 Å². The zero-order chi connectivity index (χ0) is 25.8. The van der Waals surface area contributed by atoms with Gasteiger partial charge in [-0.05, 0) is 90.6 Å². The zero-order valence-electron chi connectivity index (χ0n) is 20.0. The standard InChI is InChI=1S/C29H25FN2O4/c1-4-5-22-15-21(9-13-26(22)36-17-20-7-10-23(30)11-8-20)16-25-27(33)31-29(35)32(28(25)34)24-12-6-18(2)19(3)14-24/h4,6-16H,1,5,17H2,2-3H3,(H,31,33,35)/b25-16+. The van der Waals surface area contributed by atoms with Crippen LogP contribution < -0.4 is 15.0 Å². The molecule has 1 heterocycles. The quantitative estimate of drug-likeness (QED) is 0.276. The van der Waals surface area contributed by atoms with Crippen LogP contribution in [0.15, 0.2) is 78.9 Å². The van der Waals surface area contributed by atoms with Gasteiger partial charge in [-0.15, -0.1) is 6.58 Å². The third-order valence-corrected chi connectivity index (χ3v) is 5.92. The van der Waals surface area contributed by atoms with E-state index in [1.54, 1.807) is 48.5 Å². The maximum absolute atomic E-state index is 13.2. The maximum Gasteiger partial charge on any atom is 0.335 e. The summed E-state index contributed by atoms with van der Waals surface area (Å²) in [5, 5.41) is 2.25. The molecule has 1 aliphatic heterocycles. The first kappa shape index (κ1) is 24.6. The van der Waals surface area contributed by atoms with Crippen molar-refractivity contribution in [2.45, 2.75) is 26.9 Å². The molecule has 7 heteroatoms. The van der Waals surface area contributed by atoms with Crippen LogP contribution in [0.25, 0.3) is 6.08 Å². The summed E-state index contributed by atoms with van der Waals surface area (Å²) in [6.45, 7) is 7.85. The van der Waals surface area contributed by atoms with Crippen molar-refractivity contribution in [3.05, 3.63) is 113 Å². The second-order valence-corrected chi connectivity index (χ2v) is 8.50. The molecule has 36 heavy (non-hydrogen) atoms. The Morgan fingerprint density at radius 2 is 1.72 bits per heavy atom. The van der Waals surface area contributed by atoms with Crippen molar-refractivity contribution >= 4 is 29.6 Å². The molecule has 0 atom stereocenters. The van der Waals surface area contributed by atoms with Gasteiger partial charge < -0.3 is 4.74 Å². The Morgan fingerprint density at radius 1 is 0.972 bits per heavy atom. The molecule has 4 amide bonds. The fourth-order valence-corrected chi connectivity index (χ4v) is 3.81. The lowest BCUT2D eigenvalue weighted by molar-refractivity contribution is -0.122. The van der Waals surface area contributed by atoms with Crippen LogP contribution in [0.2, 0.25) is 0 Å². The molecule has 1 saturated heterocycles. The van der Waals surface area contributed by atoms with Crippen LogP contribution in [0.4, 0.5) is 14.9 Å². The van der Waals surface area contributed by atoms with Crippen molar-refractivity contribution in [3.8, 4) is 5.75 Å². The summed E-state index contributed by atoms with van der Waals surface area (Å²) in [5.41, 5.74) is 4.37. The molecule has 3 aromatic rings. The van der Waals surface area contributed by atoms with Crippen molar-refractivity contribution in [3.63, 3.8) is 0 Å². The number of hydrogen-bond donors (Lipinski definition) is 1. The van der Waals surface area contributed by atoms with Crippen molar-refractivity contribution in [1.29, 1.82) is 0 Å². The van der Waals surface area contributed by atoms with Gasteiger partial charge in [0, 0.05) is 0 Å². The number of barbiturate groups is 1. The van der Waals surface area contributed by atoms with Crippen molar-refractivity contribution in [2.75, 3.05) is 4.90 Å². The smallest absolute Gasteiger partial charge is 0.335 e. The molecule has 0 saturated carbocycles. The summed E-state index contributed by atoms with van der Waals surface area (Å²) in [7, 11) is 0. The van der Waals surface area contributed by atoms with Crippen molar-refractivity contribution in [2.24, 2.45) is 0 Å². The molecule has 4 rings (SSSR count). The van der Waals surface area contributed by atoms with Gasteiger partial charge in [0.2, 0.25) is 0 Å². The predicted molar refractivity (Wildman–Crippen MR) is 136 cm³/mol. The van der Waals surface area contributed by atoms with Crippen LogP contribution >= 0.6 is 0 Å². The third kappa shape index (κ3) is 5.25. The maximum atomic E-state index is 13.2. The number of aryl methyl sites for hydroxylation is 2. The molecule has 0 spiro atoms. The van der Waals surface area contributed by atoms with Crippen LogP contribution in [-0.4, -0.2) is 17.8 Å². The van der Waals surface area contributed by atoms with Gasteiger partial charge in [-0.2, -0.15) is 0 Å². The number of allylic oxidation sites excluding steroid dienone is 1. The van der Waals surface area contributed by atoms with E-state index in [9.17, 15) is 18.8 Å². The first-order valence-corrected chi connectivity index (χ1v) is 11.4. The minimum atomic E-state index is -0.790. The molecular formula is C29H25FN2O4. The molecule has 1 N–H and O–H groups in total. The number of carbonyl (C=O) groups is 3. The highest BCUT2D eigenvalue weighted by molar-refractivity contribution is 6.39. The average molecular weight is 485 g/mol. The molecule has 0 aliphatic carbocycles. The number of halogens is 1. The molecule has 0 bridgehead atoms. The van der Waals surface area contributed by atoms with Crippen LogP contribution in [0.1, 0.15) is 27.8 Å². The van der Waals surface area contributed by atoms with Gasteiger partial charge >= 0.3 is 6.03 Å². The van der Waals surface area contributed by atoms with E-state index in [-0.39, 0.29) is 18.0 Å². The molecule has 3 aromatic carbocycles. The Balaban J connectivity index is 1.62. The Labute approximate surface area is 208 Å². The van der Waals surface area contributed by atoms with E-state index in [0.717, 1.165) is 27.2 Å². The summed E-state index contributed by atoms with van der Waals surface area (Å²) in [6, 6.07) is 15.7. The van der Waals surface area contributed by atoms with Crippen LogP contribution in [0.3, 0.4) is 0 Å². The number of hydrogen-bond acceptors (Lipinski definition) is 4. The van der Waals surface area contributed by atoms with Crippen LogP contribution in [0, 0.1) is 19.7 Å². The Morgan fingerprint density at radius 3 is 2.42 bits per heavy atom. The fraction of sp³-hybridized carbons (Fsp3) is 0.138. The molecule has 0 aromatic heterocycles. The van der Waals surface area contributed by atoms with E-state index in [4.69, 9.17) is 4.74 Å². The number of amides is 4. The molecule has 1 aliphatic rings. The third-order valence-electron chi connectivity index (χ3n) is 5.92. The number of ether oxygens (including phenoxy) is 1. The molecule has 0 unspecified atom stereocenters. The molecule has 182 valence electrons. The van der Waals surface area contributed by atoms with Gasteiger partial charge in [0.05, 0.1) is 5.69 Å². The van der Waals surface area contributed by atoms with E-state index in [1.807, 2.05) is 19.9 Å². The summed E-state index contributed by atoms with van der Waals surface area (Å²) >= 11 is 0. The number of nitrogens with one attached hydrogen (secondary N) is 1. The Hall–Kier alpha value is -4.52. The highest BCUT2D eigenvalue weighted by Crippen LogP contribution is 2.27. The lowest BCUT2D eigenvalue weighted by Gasteiger charge is -2.27. The molecular weight excluding hydrogens is 459 g/mol. The monoisotopic (exact) mass is 484 g/mol. The Bertz CT molecular complexity index is 1390. The number of urea groups is 1. The summed E-state index contributed by atoms with van der Waals surface area (Å²) in [6.07, 6.45) is 3.66. The van der Waals surface area contributed by atoms with Gasteiger partial charge in [-0.3, -0.25) is 14.9 Å². The minimum absolute atomic E-state index is 0.155. The number of imide groups is 2. The first-order chi connectivity index (χ1) is 17.3. The van der Waals surface area contributed by atoms with Gasteiger partial charge in [0.15, 0.2) is 0 Å².